The molecule has 0 heterocycles. The lowest BCUT2D eigenvalue weighted by atomic mass is 9.90. The number of nitrogens with one attached hydrogen (secondary N) is 1. The summed E-state index contributed by atoms with van der Waals surface area (Å²) in [5.74, 6) is 0.508. The summed E-state index contributed by atoms with van der Waals surface area (Å²) in [6.45, 7) is 4.34. The molecular formula is C15H23NO2S. The molecule has 106 valence electrons. The number of aryl methyl sites for hydroxylation is 2. The van der Waals surface area contributed by atoms with Crippen LogP contribution < -0.4 is 4.72 Å². The van der Waals surface area contributed by atoms with Crippen LogP contribution in [0.25, 0.3) is 0 Å². The Morgan fingerprint density at radius 2 is 1.84 bits per heavy atom. The van der Waals surface area contributed by atoms with Crippen LogP contribution in [-0.4, -0.2) is 15.0 Å². The van der Waals surface area contributed by atoms with Crippen molar-refractivity contribution in [2.24, 2.45) is 5.92 Å². The SMILES string of the molecule is Cc1ccc(C)c(S(=O)(=O)NCC2CCCCC2)c1. The molecule has 0 amide bonds. The Morgan fingerprint density at radius 3 is 2.53 bits per heavy atom. The third-order valence-corrected chi connectivity index (χ3v) is 5.49. The van der Waals surface area contributed by atoms with E-state index in [0.29, 0.717) is 17.4 Å². The fraction of sp³-hybridized carbons (Fsp3) is 0.600. The van der Waals surface area contributed by atoms with Crippen LogP contribution in [0.4, 0.5) is 0 Å². The van der Waals surface area contributed by atoms with E-state index in [1.807, 2.05) is 26.0 Å². The van der Waals surface area contributed by atoms with E-state index in [9.17, 15) is 8.42 Å². The minimum Gasteiger partial charge on any atom is -0.211 e. The molecule has 1 aliphatic carbocycles. The van der Waals surface area contributed by atoms with Gasteiger partial charge in [0.2, 0.25) is 10.0 Å². The summed E-state index contributed by atoms with van der Waals surface area (Å²) < 4.78 is 27.5. The summed E-state index contributed by atoms with van der Waals surface area (Å²) in [6.07, 6.45) is 6.05. The normalized spacial score (nSPS) is 17.6. The monoisotopic (exact) mass is 281 g/mol. The predicted molar refractivity (Wildman–Crippen MR) is 77.7 cm³/mol. The van der Waals surface area contributed by atoms with E-state index >= 15 is 0 Å². The Kier molecular flexibility index (Phi) is 4.63. The Balaban J connectivity index is 2.07. The highest BCUT2D eigenvalue weighted by Crippen LogP contribution is 2.24. The summed E-state index contributed by atoms with van der Waals surface area (Å²) in [5, 5.41) is 0. The van der Waals surface area contributed by atoms with Gasteiger partial charge in [0.25, 0.3) is 0 Å². The molecule has 1 N–H and O–H groups in total. The third-order valence-electron chi connectivity index (χ3n) is 3.92. The van der Waals surface area contributed by atoms with Crippen molar-refractivity contribution in [3.63, 3.8) is 0 Å². The zero-order valence-corrected chi connectivity index (χ0v) is 12.6. The molecule has 0 unspecified atom stereocenters. The highest BCUT2D eigenvalue weighted by molar-refractivity contribution is 7.89. The van der Waals surface area contributed by atoms with Gasteiger partial charge in [-0.25, -0.2) is 13.1 Å². The topological polar surface area (TPSA) is 46.2 Å². The molecule has 0 aliphatic heterocycles. The lowest BCUT2D eigenvalue weighted by Crippen LogP contribution is -2.30. The van der Waals surface area contributed by atoms with Crippen molar-refractivity contribution >= 4 is 10.0 Å². The van der Waals surface area contributed by atoms with E-state index in [2.05, 4.69) is 4.72 Å². The maximum absolute atomic E-state index is 12.3. The van der Waals surface area contributed by atoms with Crippen molar-refractivity contribution in [3.05, 3.63) is 29.3 Å². The summed E-state index contributed by atoms with van der Waals surface area (Å²) in [7, 11) is -3.36. The molecular weight excluding hydrogens is 258 g/mol. The molecule has 0 atom stereocenters. The molecule has 1 fully saturated rings. The second kappa shape index (κ2) is 6.06. The van der Waals surface area contributed by atoms with E-state index in [1.165, 1.54) is 19.3 Å². The number of sulfonamides is 1. The molecule has 0 spiro atoms. The summed E-state index contributed by atoms with van der Waals surface area (Å²) in [6, 6.07) is 5.55. The van der Waals surface area contributed by atoms with Crippen molar-refractivity contribution in [3.8, 4) is 0 Å². The van der Waals surface area contributed by atoms with Crippen LogP contribution in [0.1, 0.15) is 43.2 Å². The number of rotatable bonds is 4. The van der Waals surface area contributed by atoms with Gasteiger partial charge in [0.15, 0.2) is 0 Å². The van der Waals surface area contributed by atoms with Gasteiger partial charge >= 0.3 is 0 Å². The van der Waals surface area contributed by atoms with Gasteiger partial charge in [-0.1, -0.05) is 31.4 Å². The molecule has 1 aromatic carbocycles. The first-order chi connectivity index (χ1) is 8.99. The van der Waals surface area contributed by atoms with Crippen molar-refractivity contribution in [2.75, 3.05) is 6.54 Å². The molecule has 1 saturated carbocycles. The number of hydrogen-bond donors (Lipinski definition) is 1. The Morgan fingerprint density at radius 1 is 1.16 bits per heavy atom. The smallest absolute Gasteiger partial charge is 0.211 e. The molecule has 1 aliphatic rings. The van der Waals surface area contributed by atoms with E-state index in [0.717, 1.165) is 24.0 Å². The summed E-state index contributed by atoms with van der Waals surface area (Å²) in [4.78, 5) is 0.420. The van der Waals surface area contributed by atoms with Crippen LogP contribution >= 0.6 is 0 Å². The van der Waals surface area contributed by atoms with Crippen LogP contribution in [0.2, 0.25) is 0 Å². The van der Waals surface area contributed by atoms with E-state index in [1.54, 1.807) is 6.07 Å². The molecule has 19 heavy (non-hydrogen) atoms. The van der Waals surface area contributed by atoms with Gasteiger partial charge in [0, 0.05) is 6.54 Å². The molecule has 2 rings (SSSR count). The maximum Gasteiger partial charge on any atom is 0.240 e. The first-order valence-electron chi connectivity index (χ1n) is 7.06. The van der Waals surface area contributed by atoms with Gasteiger partial charge in [-0.2, -0.15) is 0 Å². The molecule has 4 heteroatoms. The first kappa shape index (κ1) is 14.5. The lowest BCUT2D eigenvalue weighted by Gasteiger charge is -2.22. The van der Waals surface area contributed by atoms with E-state index in [-0.39, 0.29) is 0 Å². The van der Waals surface area contributed by atoms with Crippen molar-refractivity contribution < 1.29 is 8.42 Å². The maximum atomic E-state index is 12.3. The van der Waals surface area contributed by atoms with Crippen molar-refractivity contribution in [2.45, 2.75) is 50.8 Å². The average molecular weight is 281 g/mol. The van der Waals surface area contributed by atoms with E-state index in [4.69, 9.17) is 0 Å². The minimum atomic E-state index is -3.36. The molecule has 0 saturated heterocycles. The largest absolute Gasteiger partial charge is 0.240 e. The second-order valence-corrected chi connectivity index (χ2v) is 7.36. The van der Waals surface area contributed by atoms with Gasteiger partial charge in [0.05, 0.1) is 4.90 Å². The zero-order chi connectivity index (χ0) is 13.9. The van der Waals surface area contributed by atoms with Gasteiger partial charge in [-0.3, -0.25) is 0 Å². The summed E-state index contributed by atoms with van der Waals surface area (Å²) >= 11 is 0. The first-order valence-corrected chi connectivity index (χ1v) is 8.54. The number of benzene rings is 1. The quantitative estimate of drug-likeness (QED) is 0.921. The Hall–Kier alpha value is -0.870. The fourth-order valence-electron chi connectivity index (χ4n) is 2.69. The molecule has 0 bridgehead atoms. The molecule has 0 aromatic heterocycles. The highest BCUT2D eigenvalue weighted by Gasteiger charge is 2.20. The average Bonchev–Trinajstić information content (AvgIpc) is 2.40. The number of hydrogen-bond acceptors (Lipinski definition) is 2. The van der Waals surface area contributed by atoms with Gasteiger partial charge in [-0.05, 0) is 49.8 Å². The summed E-state index contributed by atoms with van der Waals surface area (Å²) in [5.41, 5.74) is 1.78. The van der Waals surface area contributed by atoms with Crippen LogP contribution in [0.5, 0.6) is 0 Å². The lowest BCUT2D eigenvalue weighted by molar-refractivity contribution is 0.357. The van der Waals surface area contributed by atoms with Crippen LogP contribution in [0.3, 0.4) is 0 Å². The van der Waals surface area contributed by atoms with Crippen molar-refractivity contribution in [1.82, 2.24) is 4.72 Å². The van der Waals surface area contributed by atoms with Gasteiger partial charge in [0.1, 0.15) is 0 Å². The Bertz CT molecular complexity index is 531. The standard InChI is InChI=1S/C15H23NO2S/c1-12-8-9-13(2)15(10-12)19(17,18)16-11-14-6-4-3-5-7-14/h8-10,14,16H,3-7,11H2,1-2H3. The molecule has 1 aromatic rings. The predicted octanol–water partition coefficient (Wildman–Crippen LogP) is 3.16. The fourth-order valence-corrected chi connectivity index (χ4v) is 4.14. The van der Waals surface area contributed by atoms with Crippen LogP contribution in [-0.2, 0) is 10.0 Å². The Labute approximate surface area is 116 Å². The molecule has 3 nitrogen and oxygen atoms in total. The van der Waals surface area contributed by atoms with Crippen molar-refractivity contribution in [1.29, 1.82) is 0 Å². The van der Waals surface area contributed by atoms with Gasteiger partial charge in [-0.15, -0.1) is 0 Å². The van der Waals surface area contributed by atoms with Crippen LogP contribution in [0.15, 0.2) is 23.1 Å². The second-order valence-electron chi connectivity index (χ2n) is 5.62. The minimum absolute atomic E-state index is 0.420. The highest BCUT2D eigenvalue weighted by atomic mass is 32.2. The third kappa shape index (κ3) is 3.80. The van der Waals surface area contributed by atoms with Crippen LogP contribution in [0, 0.1) is 19.8 Å². The van der Waals surface area contributed by atoms with Gasteiger partial charge < -0.3 is 0 Å². The van der Waals surface area contributed by atoms with E-state index < -0.39 is 10.0 Å². The molecule has 0 radical (unpaired) electrons. The zero-order valence-electron chi connectivity index (χ0n) is 11.8.